The molecule has 8 heteroatoms. The molecule has 0 saturated carbocycles. The average molecular weight is 405 g/mol. The lowest BCUT2D eigenvalue weighted by Gasteiger charge is -2.34. The van der Waals surface area contributed by atoms with Crippen molar-refractivity contribution >= 4 is 22.9 Å². The number of piperidine rings is 1. The number of hydrogen-bond acceptors (Lipinski definition) is 6. The van der Waals surface area contributed by atoms with Crippen molar-refractivity contribution in [3.63, 3.8) is 0 Å². The van der Waals surface area contributed by atoms with Gasteiger partial charge in [-0.2, -0.15) is 5.10 Å². The van der Waals surface area contributed by atoms with E-state index in [4.69, 9.17) is 4.74 Å². The van der Waals surface area contributed by atoms with Crippen molar-refractivity contribution in [3.8, 4) is 0 Å². The van der Waals surface area contributed by atoms with Gasteiger partial charge in [-0.15, -0.1) is 11.3 Å². The molecule has 0 unspecified atom stereocenters. The minimum Gasteiger partial charge on any atom is -0.383 e. The fourth-order valence-electron chi connectivity index (χ4n) is 3.54. The van der Waals surface area contributed by atoms with Crippen LogP contribution in [0.5, 0.6) is 0 Å². The van der Waals surface area contributed by atoms with Gasteiger partial charge in [-0.1, -0.05) is 6.07 Å². The number of carbonyl (C=O) groups excluding carboxylic acids is 1. The van der Waals surface area contributed by atoms with Crippen LogP contribution in [0.25, 0.3) is 0 Å². The van der Waals surface area contributed by atoms with Gasteiger partial charge in [-0.05, 0) is 31.2 Å². The monoisotopic (exact) mass is 404 g/mol. The van der Waals surface area contributed by atoms with Crippen molar-refractivity contribution < 1.29 is 9.53 Å². The fourth-order valence-corrected chi connectivity index (χ4v) is 4.31. The second kappa shape index (κ2) is 9.34. The first-order chi connectivity index (χ1) is 13.5. The zero-order chi connectivity index (χ0) is 20.1. The summed E-state index contributed by atoms with van der Waals surface area (Å²) in [4.78, 5) is 30.5. The molecule has 3 rings (SSSR count). The van der Waals surface area contributed by atoms with Gasteiger partial charge in [0.1, 0.15) is 0 Å². The third-order valence-electron chi connectivity index (χ3n) is 5.28. The summed E-state index contributed by atoms with van der Waals surface area (Å²) in [5.74, 6) is -0.0311. The molecule has 1 aliphatic heterocycles. The van der Waals surface area contributed by atoms with Gasteiger partial charge in [0.15, 0.2) is 0 Å². The van der Waals surface area contributed by atoms with Crippen molar-refractivity contribution in [2.45, 2.75) is 31.7 Å². The van der Waals surface area contributed by atoms with E-state index in [9.17, 15) is 9.59 Å². The van der Waals surface area contributed by atoms with E-state index in [0.29, 0.717) is 19.7 Å². The second-order valence-corrected chi connectivity index (χ2v) is 8.21. The lowest BCUT2D eigenvalue weighted by atomic mass is 10.0. The van der Waals surface area contributed by atoms with E-state index in [2.05, 4.69) is 5.10 Å². The highest BCUT2D eigenvalue weighted by atomic mass is 32.1. The van der Waals surface area contributed by atoms with E-state index in [1.807, 2.05) is 41.3 Å². The number of likely N-dealkylation sites (tertiary alicyclic amines) is 1. The van der Waals surface area contributed by atoms with Gasteiger partial charge in [0.25, 0.3) is 5.56 Å². The molecule has 0 aliphatic carbocycles. The summed E-state index contributed by atoms with van der Waals surface area (Å²) < 4.78 is 6.61. The molecule has 0 spiro atoms. The Morgan fingerprint density at radius 1 is 1.50 bits per heavy atom. The van der Waals surface area contributed by atoms with Crippen LogP contribution in [-0.4, -0.2) is 61.0 Å². The van der Waals surface area contributed by atoms with Crippen LogP contribution >= 0.6 is 11.3 Å². The number of nitrogens with zero attached hydrogens (tertiary/aromatic N) is 4. The van der Waals surface area contributed by atoms with E-state index in [-0.39, 0.29) is 23.4 Å². The largest absolute Gasteiger partial charge is 0.383 e. The molecule has 2 aromatic rings. The Hall–Kier alpha value is -2.19. The Kier molecular flexibility index (Phi) is 6.85. The summed E-state index contributed by atoms with van der Waals surface area (Å²) in [7, 11) is 3.56. The van der Waals surface area contributed by atoms with Crippen LogP contribution in [0.4, 0.5) is 5.69 Å². The van der Waals surface area contributed by atoms with Crippen LogP contribution < -0.4 is 10.5 Å². The Morgan fingerprint density at radius 2 is 2.32 bits per heavy atom. The number of anilines is 1. The topological polar surface area (TPSA) is 67.7 Å². The number of rotatable bonds is 7. The Balaban J connectivity index is 1.70. The zero-order valence-corrected chi connectivity index (χ0v) is 17.5. The minimum atomic E-state index is -0.153. The van der Waals surface area contributed by atoms with Crippen LogP contribution in [0.3, 0.4) is 0 Å². The van der Waals surface area contributed by atoms with Gasteiger partial charge in [-0.3, -0.25) is 9.59 Å². The lowest BCUT2D eigenvalue weighted by Crippen LogP contribution is -2.44. The predicted molar refractivity (Wildman–Crippen MR) is 111 cm³/mol. The smallest absolute Gasteiger partial charge is 0.269 e. The molecule has 0 N–H and O–H groups in total. The molecular weight excluding hydrogens is 376 g/mol. The molecule has 3 heterocycles. The van der Waals surface area contributed by atoms with Gasteiger partial charge in [-0.25, -0.2) is 4.68 Å². The molecule has 2 atom stereocenters. The highest BCUT2D eigenvalue weighted by molar-refractivity contribution is 7.10. The number of ether oxygens (including phenoxy) is 1. The molecular formula is C20H28N4O3S. The van der Waals surface area contributed by atoms with Crippen molar-refractivity contribution in [1.82, 2.24) is 14.7 Å². The SMILES string of the molecule is COCCN(C)c1cnn([C@H]2CCCN(C(=O)[C@H](C)c3cccs3)C2)c(=O)c1. The molecule has 0 aromatic carbocycles. The van der Waals surface area contributed by atoms with Gasteiger partial charge in [0, 0.05) is 44.7 Å². The number of thiophene rings is 1. The number of amides is 1. The minimum absolute atomic E-state index is 0.0842. The maximum Gasteiger partial charge on any atom is 0.269 e. The summed E-state index contributed by atoms with van der Waals surface area (Å²) in [5, 5.41) is 6.40. The highest BCUT2D eigenvalue weighted by Gasteiger charge is 2.29. The second-order valence-electron chi connectivity index (χ2n) is 7.23. The molecule has 0 radical (unpaired) electrons. The van der Waals surface area contributed by atoms with Crippen LogP contribution in [0, 0.1) is 0 Å². The first-order valence-electron chi connectivity index (χ1n) is 9.62. The number of methoxy groups -OCH3 is 1. The third kappa shape index (κ3) is 4.62. The normalized spacial score (nSPS) is 18.1. The summed E-state index contributed by atoms with van der Waals surface area (Å²) in [6.45, 7) is 4.49. The maximum absolute atomic E-state index is 12.9. The molecule has 7 nitrogen and oxygen atoms in total. The lowest BCUT2D eigenvalue weighted by molar-refractivity contribution is -0.134. The number of likely N-dealkylation sites (N-methyl/N-ethyl adjacent to an activating group) is 1. The molecule has 2 aromatic heterocycles. The standard InChI is InChI=1S/C20H28N4O3S/c1-15(18-7-5-11-28-18)20(26)23-8-4-6-16(14-23)24-19(25)12-17(13-21-24)22(2)9-10-27-3/h5,7,11-13,15-16H,4,6,8-10,14H2,1-3H3/t15-,16+/m1/s1. The van der Waals surface area contributed by atoms with E-state index in [1.165, 1.54) is 4.68 Å². The number of carbonyl (C=O) groups is 1. The molecule has 1 fully saturated rings. The van der Waals surface area contributed by atoms with Crippen molar-refractivity contribution in [2.75, 3.05) is 45.3 Å². The number of aromatic nitrogens is 2. The first-order valence-corrected chi connectivity index (χ1v) is 10.5. The fraction of sp³-hybridized carbons (Fsp3) is 0.550. The van der Waals surface area contributed by atoms with E-state index >= 15 is 0 Å². The van der Waals surface area contributed by atoms with E-state index < -0.39 is 0 Å². The summed E-state index contributed by atoms with van der Waals surface area (Å²) in [6.07, 6.45) is 3.44. The maximum atomic E-state index is 12.9. The van der Waals surface area contributed by atoms with Crippen molar-refractivity contribution in [3.05, 3.63) is 45.0 Å². The Bertz CT molecular complexity index is 836. The third-order valence-corrected chi connectivity index (χ3v) is 6.33. The zero-order valence-electron chi connectivity index (χ0n) is 16.7. The van der Waals surface area contributed by atoms with Gasteiger partial charge >= 0.3 is 0 Å². The van der Waals surface area contributed by atoms with Gasteiger partial charge in [0.05, 0.1) is 30.5 Å². The van der Waals surface area contributed by atoms with Gasteiger partial charge < -0.3 is 14.5 Å². The molecule has 28 heavy (non-hydrogen) atoms. The number of hydrogen-bond donors (Lipinski definition) is 0. The Morgan fingerprint density at radius 3 is 3.00 bits per heavy atom. The summed E-state index contributed by atoms with van der Waals surface area (Å²) >= 11 is 1.60. The van der Waals surface area contributed by atoms with Crippen LogP contribution in [-0.2, 0) is 9.53 Å². The van der Waals surface area contributed by atoms with Crippen molar-refractivity contribution in [2.24, 2.45) is 0 Å². The molecule has 1 saturated heterocycles. The Labute approximate surface area is 169 Å². The predicted octanol–water partition coefficient (Wildman–Crippen LogP) is 2.35. The molecule has 152 valence electrons. The van der Waals surface area contributed by atoms with Gasteiger partial charge in [0.2, 0.25) is 5.91 Å². The quantitative estimate of drug-likeness (QED) is 0.709. The van der Waals surface area contributed by atoms with E-state index in [1.54, 1.807) is 30.7 Å². The van der Waals surface area contributed by atoms with Crippen LogP contribution in [0.1, 0.15) is 36.6 Å². The molecule has 1 amide bonds. The van der Waals surface area contributed by atoms with Crippen molar-refractivity contribution in [1.29, 1.82) is 0 Å². The molecule has 0 bridgehead atoms. The van der Waals surface area contributed by atoms with Crippen LogP contribution in [0.15, 0.2) is 34.6 Å². The summed E-state index contributed by atoms with van der Waals surface area (Å²) in [5.41, 5.74) is 0.640. The summed E-state index contributed by atoms with van der Waals surface area (Å²) in [6, 6.07) is 5.49. The average Bonchev–Trinajstić information content (AvgIpc) is 3.25. The molecule has 1 aliphatic rings. The first kappa shape index (κ1) is 20.5. The van der Waals surface area contributed by atoms with Crippen LogP contribution in [0.2, 0.25) is 0 Å². The van der Waals surface area contributed by atoms with E-state index in [0.717, 1.165) is 30.0 Å². The highest BCUT2D eigenvalue weighted by Crippen LogP contribution is 2.26.